The van der Waals surface area contributed by atoms with E-state index in [0.717, 1.165) is 6.61 Å². The number of unbranched alkanes of at least 4 members (excludes halogenated alkanes) is 2. The lowest BCUT2D eigenvalue weighted by Crippen LogP contribution is -2.12. The van der Waals surface area contributed by atoms with Crippen LogP contribution in [0.1, 0.15) is 25.7 Å². The molecule has 1 unspecified atom stereocenters. The van der Waals surface area contributed by atoms with Crippen LogP contribution in [-0.4, -0.2) is 38.3 Å². The van der Waals surface area contributed by atoms with Crippen LogP contribution in [0.5, 0.6) is 0 Å². The number of halogens is 1. The lowest BCUT2D eigenvalue weighted by molar-refractivity contribution is 0.370. The number of ether oxygens (including phenoxy) is 1. The van der Waals surface area contributed by atoms with Gasteiger partial charge in [0.25, 0.3) is 0 Å². The molecule has 0 amide bonds. The minimum absolute atomic E-state index is 0. The summed E-state index contributed by atoms with van der Waals surface area (Å²) in [5, 5.41) is 0. The molecule has 0 aromatic heterocycles. The van der Waals surface area contributed by atoms with Crippen molar-refractivity contribution in [2.24, 2.45) is 0 Å². The smallest absolute Gasteiger partial charge is 0.0810 e. The Balaban J connectivity index is 0.00000121. The Kier molecular flexibility index (Phi) is 6.81. The summed E-state index contributed by atoms with van der Waals surface area (Å²) < 4.78 is 5.13. The van der Waals surface area contributed by atoms with Gasteiger partial charge in [0.1, 0.15) is 0 Å². The lowest BCUT2D eigenvalue weighted by Gasteiger charge is -2.07. The van der Waals surface area contributed by atoms with Gasteiger partial charge in [-0.15, -0.1) is 12.4 Å². The van der Waals surface area contributed by atoms with Crippen LogP contribution < -0.4 is 0 Å². The van der Waals surface area contributed by atoms with Gasteiger partial charge < -0.3 is 9.64 Å². The molecule has 1 fully saturated rings. The zero-order valence-electron chi connectivity index (χ0n) is 8.08. The van der Waals surface area contributed by atoms with E-state index in [1.165, 1.54) is 32.2 Å². The van der Waals surface area contributed by atoms with Gasteiger partial charge in [-0.1, -0.05) is 12.8 Å². The van der Waals surface area contributed by atoms with Crippen molar-refractivity contribution >= 4 is 12.4 Å². The summed E-state index contributed by atoms with van der Waals surface area (Å²) in [5.41, 5.74) is 0. The second kappa shape index (κ2) is 6.70. The molecular formula is C9H20ClNO. The normalized spacial score (nSPS) is 20.8. The molecule has 3 heteroatoms. The molecule has 1 aliphatic rings. The second-order valence-corrected chi connectivity index (χ2v) is 3.61. The van der Waals surface area contributed by atoms with Gasteiger partial charge in [0, 0.05) is 0 Å². The van der Waals surface area contributed by atoms with Gasteiger partial charge >= 0.3 is 0 Å². The predicted octanol–water partition coefficient (Wildman–Crippen LogP) is 1.93. The van der Waals surface area contributed by atoms with E-state index in [0.29, 0.717) is 6.10 Å². The van der Waals surface area contributed by atoms with Gasteiger partial charge in [0.05, 0.1) is 12.7 Å². The fourth-order valence-electron chi connectivity index (χ4n) is 1.21. The van der Waals surface area contributed by atoms with E-state index in [-0.39, 0.29) is 12.4 Å². The topological polar surface area (TPSA) is 15.8 Å². The first-order chi connectivity index (χ1) is 5.29. The molecule has 0 saturated carbocycles. The molecule has 0 bridgehead atoms. The zero-order chi connectivity index (χ0) is 8.10. The van der Waals surface area contributed by atoms with Crippen LogP contribution in [-0.2, 0) is 4.74 Å². The third-order valence-corrected chi connectivity index (χ3v) is 2.03. The number of hydrogen-bond acceptors (Lipinski definition) is 2. The fourth-order valence-corrected chi connectivity index (χ4v) is 1.21. The fraction of sp³-hybridized carbons (Fsp3) is 1.00. The Morgan fingerprint density at radius 2 is 1.92 bits per heavy atom. The summed E-state index contributed by atoms with van der Waals surface area (Å²) in [6.07, 6.45) is 5.96. The van der Waals surface area contributed by atoms with Crippen molar-refractivity contribution in [1.29, 1.82) is 0 Å². The molecule has 0 spiro atoms. The molecule has 74 valence electrons. The molecule has 2 nitrogen and oxygen atoms in total. The zero-order valence-corrected chi connectivity index (χ0v) is 8.90. The van der Waals surface area contributed by atoms with Crippen LogP contribution in [0, 0.1) is 0 Å². The monoisotopic (exact) mass is 193 g/mol. The Labute approximate surface area is 81.7 Å². The summed E-state index contributed by atoms with van der Waals surface area (Å²) in [7, 11) is 4.26. The molecule has 0 radical (unpaired) electrons. The molecule has 0 aromatic rings. The Hall–Kier alpha value is 0.210. The van der Waals surface area contributed by atoms with Crippen molar-refractivity contribution in [3.63, 3.8) is 0 Å². The van der Waals surface area contributed by atoms with Crippen molar-refractivity contribution in [3.05, 3.63) is 0 Å². The van der Waals surface area contributed by atoms with E-state index in [1.54, 1.807) is 0 Å². The molecule has 1 aliphatic heterocycles. The third-order valence-electron chi connectivity index (χ3n) is 2.03. The van der Waals surface area contributed by atoms with Crippen molar-refractivity contribution in [3.8, 4) is 0 Å². The molecule has 1 atom stereocenters. The molecule has 0 N–H and O–H groups in total. The van der Waals surface area contributed by atoms with Gasteiger partial charge in [0.15, 0.2) is 0 Å². The van der Waals surface area contributed by atoms with E-state index < -0.39 is 0 Å². The van der Waals surface area contributed by atoms with E-state index in [2.05, 4.69) is 19.0 Å². The molecule has 0 aromatic carbocycles. The van der Waals surface area contributed by atoms with Gasteiger partial charge in [-0.25, -0.2) is 0 Å². The summed E-state index contributed by atoms with van der Waals surface area (Å²) in [4.78, 5) is 2.24. The van der Waals surface area contributed by atoms with Crippen molar-refractivity contribution in [2.75, 3.05) is 27.2 Å². The Morgan fingerprint density at radius 1 is 1.25 bits per heavy atom. The lowest BCUT2D eigenvalue weighted by atomic mass is 10.1. The highest BCUT2D eigenvalue weighted by Crippen LogP contribution is 2.16. The number of hydrogen-bond donors (Lipinski definition) is 0. The van der Waals surface area contributed by atoms with Crippen LogP contribution in [0.15, 0.2) is 0 Å². The van der Waals surface area contributed by atoms with E-state index >= 15 is 0 Å². The van der Waals surface area contributed by atoms with Crippen LogP contribution in [0.3, 0.4) is 0 Å². The summed E-state index contributed by atoms with van der Waals surface area (Å²) >= 11 is 0. The first kappa shape index (κ1) is 12.2. The number of nitrogens with zero attached hydrogens (tertiary/aromatic N) is 1. The molecule has 1 saturated heterocycles. The maximum Gasteiger partial charge on any atom is 0.0810 e. The molecule has 1 rings (SSSR count). The van der Waals surface area contributed by atoms with Crippen LogP contribution >= 0.6 is 12.4 Å². The van der Waals surface area contributed by atoms with Crippen molar-refractivity contribution < 1.29 is 4.74 Å². The van der Waals surface area contributed by atoms with E-state index in [1.807, 2.05) is 0 Å². The van der Waals surface area contributed by atoms with Gasteiger partial charge in [-0.05, 0) is 33.5 Å². The van der Waals surface area contributed by atoms with Crippen molar-refractivity contribution in [1.82, 2.24) is 4.90 Å². The molecule has 1 heterocycles. The minimum Gasteiger partial charge on any atom is -0.373 e. The highest BCUT2D eigenvalue weighted by molar-refractivity contribution is 5.85. The maximum absolute atomic E-state index is 5.13. The largest absolute Gasteiger partial charge is 0.373 e. The average Bonchev–Trinajstić information content (AvgIpc) is 2.70. The van der Waals surface area contributed by atoms with Gasteiger partial charge in [-0.2, -0.15) is 0 Å². The quantitative estimate of drug-likeness (QED) is 0.473. The molecule has 0 aliphatic carbocycles. The predicted molar refractivity (Wildman–Crippen MR) is 54.0 cm³/mol. The Morgan fingerprint density at radius 3 is 2.42 bits per heavy atom. The number of rotatable bonds is 6. The van der Waals surface area contributed by atoms with Gasteiger partial charge in [0.2, 0.25) is 0 Å². The van der Waals surface area contributed by atoms with E-state index in [4.69, 9.17) is 4.74 Å². The summed E-state index contributed by atoms with van der Waals surface area (Å²) in [6, 6.07) is 0. The van der Waals surface area contributed by atoms with Gasteiger partial charge in [-0.3, -0.25) is 0 Å². The summed E-state index contributed by atoms with van der Waals surface area (Å²) in [5.74, 6) is 0. The third kappa shape index (κ3) is 6.89. The van der Waals surface area contributed by atoms with Crippen LogP contribution in [0.4, 0.5) is 0 Å². The average molecular weight is 194 g/mol. The van der Waals surface area contributed by atoms with E-state index in [9.17, 15) is 0 Å². The SMILES string of the molecule is CN(C)CCCCCC1CO1.Cl. The minimum atomic E-state index is 0. The van der Waals surface area contributed by atoms with Crippen LogP contribution in [0.2, 0.25) is 0 Å². The first-order valence-corrected chi connectivity index (χ1v) is 4.55. The van der Waals surface area contributed by atoms with Crippen LogP contribution in [0.25, 0.3) is 0 Å². The van der Waals surface area contributed by atoms with Crippen molar-refractivity contribution in [2.45, 2.75) is 31.8 Å². The summed E-state index contributed by atoms with van der Waals surface area (Å²) in [6.45, 7) is 2.25. The second-order valence-electron chi connectivity index (χ2n) is 3.61. The first-order valence-electron chi connectivity index (χ1n) is 4.55. The highest BCUT2D eigenvalue weighted by atomic mass is 35.5. The maximum atomic E-state index is 5.13. The standard InChI is InChI=1S/C9H19NO.ClH/c1-10(2)7-5-3-4-6-9-8-11-9;/h9H,3-8H2,1-2H3;1H. The highest BCUT2D eigenvalue weighted by Gasteiger charge is 2.20. The molecular weight excluding hydrogens is 174 g/mol. The Bertz CT molecular complexity index is 101. The molecule has 12 heavy (non-hydrogen) atoms. The number of epoxide rings is 1.